The molecule has 0 N–H and O–H groups in total. The molecule has 0 amide bonds. The van der Waals surface area contributed by atoms with Crippen LogP contribution in [0.5, 0.6) is 0 Å². The lowest BCUT2D eigenvalue weighted by molar-refractivity contribution is 0.442. The maximum Gasteiger partial charge on any atom is 0.160 e. The molecule has 0 saturated heterocycles. The van der Waals surface area contributed by atoms with E-state index >= 15 is 0 Å². The minimum absolute atomic E-state index is 0.110. The molecule has 0 aromatic heterocycles. The molecular formula is C9H14O2S. The van der Waals surface area contributed by atoms with Gasteiger partial charge in [-0.3, -0.25) is 0 Å². The summed E-state index contributed by atoms with van der Waals surface area (Å²) in [6.45, 7) is 2.14. The van der Waals surface area contributed by atoms with Crippen molar-refractivity contribution in [1.82, 2.24) is 0 Å². The van der Waals surface area contributed by atoms with Gasteiger partial charge in [0.2, 0.25) is 0 Å². The molecule has 0 aromatic carbocycles. The van der Waals surface area contributed by atoms with Crippen LogP contribution in [0.3, 0.4) is 0 Å². The normalized spacial score (nSPS) is 38.9. The first-order chi connectivity index (χ1) is 5.59. The molecule has 2 rings (SSSR count). The van der Waals surface area contributed by atoms with Crippen LogP contribution in [0.25, 0.3) is 0 Å². The second kappa shape index (κ2) is 2.59. The zero-order chi connectivity index (χ0) is 8.77. The molecule has 0 radical (unpaired) electrons. The fourth-order valence-electron chi connectivity index (χ4n) is 2.16. The van der Waals surface area contributed by atoms with E-state index < -0.39 is 9.84 Å². The van der Waals surface area contributed by atoms with Crippen LogP contribution >= 0.6 is 0 Å². The quantitative estimate of drug-likeness (QED) is 0.538. The Labute approximate surface area is 73.6 Å². The lowest BCUT2D eigenvalue weighted by Gasteiger charge is -2.25. The van der Waals surface area contributed by atoms with Gasteiger partial charge in [0, 0.05) is 0 Å². The van der Waals surface area contributed by atoms with Crippen LogP contribution in [0, 0.1) is 5.92 Å². The van der Waals surface area contributed by atoms with Gasteiger partial charge in [0.1, 0.15) is 0 Å². The molecule has 3 heteroatoms. The second-order valence-electron chi connectivity index (χ2n) is 3.98. The van der Waals surface area contributed by atoms with E-state index in [0.717, 1.165) is 19.3 Å². The highest BCUT2D eigenvalue weighted by Crippen LogP contribution is 2.36. The van der Waals surface area contributed by atoms with Crippen molar-refractivity contribution in [2.75, 3.05) is 5.75 Å². The van der Waals surface area contributed by atoms with E-state index in [-0.39, 0.29) is 5.25 Å². The van der Waals surface area contributed by atoms with E-state index in [1.165, 1.54) is 5.57 Å². The Morgan fingerprint density at radius 1 is 1.50 bits per heavy atom. The molecule has 1 saturated carbocycles. The SMILES string of the molecule is C[C@H]1CCC2=CCS(=O)(=O)[C@H]2C1. The van der Waals surface area contributed by atoms with Crippen LogP contribution in [0.4, 0.5) is 0 Å². The highest BCUT2D eigenvalue weighted by atomic mass is 32.2. The zero-order valence-corrected chi connectivity index (χ0v) is 8.10. The summed E-state index contributed by atoms with van der Waals surface area (Å²) in [4.78, 5) is 0. The smallest absolute Gasteiger partial charge is 0.160 e. The molecule has 0 aromatic rings. The van der Waals surface area contributed by atoms with Crippen molar-refractivity contribution in [3.8, 4) is 0 Å². The topological polar surface area (TPSA) is 34.1 Å². The average molecular weight is 186 g/mol. The lowest BCUT2D eigenvalue weighted by atomic mass is 9.87. The van der Waals surface area contributed by atoms with Gasteiger partial charge in [-0.1, -0.05) is 18.6 Å². The van der Waals surface area contributed by atoms with Crippen molar-refractivity contribution in [2.45, 2.75) is 31.4 Å². The van der Waals surface area contributed by atoms with Gasteiger partial charge >= 0.3 is 0 Å². The molecule has 2 nitrogen and oxygen atoms in total. The van der Waals surface area contributed by atoms with Crippen LogP contribution in [0.1, 0.15) is 26.2 Å². The Hall–Kier alpha value is -0.310. The molecule has 2 aliphatic rings. The van der Waals surface area contributed by atoms with Crippen molar-refractivity contribution >= 4 is 9.84 Å². The Morgan fingerprint density at radius 3 is 3.00 bits per heavy atom. The summed E-state index contributed by atoms with van der Waals surface area (Å²) in [5.41, 5.74) is 1.19. The molecule has 12 heavy (non-hydrogen) atoms. The molecule has 0 spiro atoms. The first kappa shape index (κ1) is 8.30. The van der Waals surface area contributed by atoms with Gasteiger partial charge in [0.25, 0.3) is 0 Å². The Morgan fingerprint density at radius 2 is 2.25 bits per heavy atom. The van der Waals surface area contributed by atoms with Gasteiger partial charge in [0.05, 0.1) is 11.0 Å². The van der Waals surface area contributed by atoms with Crippen LogP contribution in [0.15, 0.2) is 11.6 Å². The van der Waals surface area contributed by atoms with Gasteiger partial charge in [-0.15, -0.1) is 0 Å². The zero-order valence-electron chi connectivity index (χ0n) is 7.29. The maximum absolute atomic E-state index is 11.5. The molecule has 0 bridgehead atoms. The van der Waals surface area contributed by atoms with E-state index in [2.05, 4.69) is 6.92 Å². The Bertz CT molecular complexity index is 313. The largest absolute Gasteiger partial charge is 0.228 e. The molecule has 1 aliphatic heterocycles. The molecule has 0 unspecified atom stereocenters. The van der Waals surface area contributed by atoms with Gasteiger partial charge in [-0.05, 0) is 25.2 Å². The Balaban J connectivity index is 2.28. The summed E-state index contributed by atoms with van der Waals surface area (Å²) < 4.78 is 23.0. The predicted octanol–water partition coefficient (Wildman–Crippen LogP) is 1.53. The summed E-state index contributed by atoms with van der Waals surface area (Å²) in [5.74, 6) is 0.875. The van der Waals surface area contributed by atoms with E-state index in [9.17, 15) is 8.42 Å². The third kappa shape index (κ3) is 1.20. The van der Waals surface area contributed by atoms with Crippen molar-refractivity contribution in [3.63, 3.8) is 0 Å². The van der Waals surface area contributed by atoms with Gasteiger partial charge in [-0.2, -0.15) is 0 Å². The van der Waals surface area contributed by atoms with Gasteiger partial charge in [0.15, 0.2) is 9.84 Å². The average Bonchev–Trinajstić information content (AvgIpc) is 2.28. The molecular weight excluding hydrogens is 172 g/mol. The van der Waals surface area contributed by atoms with Crippen LogP contribution in [-0.2, 0) is 9.84 Å². The Kier molecular flexibility index (Phi) is 1.79. The van der Waals surface area contributed by atoms with Crippen LogP contribution in [0.2, 0.25) is 0 Å². The van der Waals surface area contributed by atoms with Crippen molar-refractivity contribution < 1.29 is 8.42 Å². The first-order valence-electron chi connectivity index (χ1n) is 4.50. The lowest BCUT2D eigenvalue weighted by Crippen LogP contribution is -2.26. The van der Waals surface area contributed by atoms with Gasteiger partial charge in [-0.25, -0.2) is 8.42 Å². The third-order valence-electron chi connectivity index (χ3n) is 2.97. The third-order valence-corrected chi connectivity index (χ3v) is 4.96. The van der Waals surface area contributed by atoms with Crippen LogP contribution < -0.4 is 0 Å². The molecule has 2 atom stereocenters. The fraction of sp³-hybridized carbons (Fsp3) is 0.778. The standard InChI is InChI=1S/C9H14O2S/c1-7-2-3-8-4-5-12(10,11)9(8)6-7/h4,7,9H,2-3,5-6H2,1H3/t7-,9-/m0/s1. The fourth-order valence-corrected chi connectivity index (χ4v) is 4.13. The highest BCUT2D eigenvalue weighted by Gasteiger charge is 2.36. The van der Waals surface area contributed by atoms with E-state index in [1.54, 1.807) is 0 Å². The molecule has 1 fully saturated rings. The highest BCUT2D eigenvalue weighted by molar-refractivity contribution is 7.92. The number of rotatable bonds is 0. The predicted molar refractivity (Wildman–Crippen MR) is 48.7 cm³/mol. The van der Waals surface area contributed by atoms with Crippen molar-refractivity contribution in [3.05, 3.63) is 11.6 Å². The summed E-state index contributed by atoms with van der Waals surface area (Å²) in [7, 11) is -2.77. The van der Waals surface area contributed by atoms with Gasteiger partial charge < -0.3 is 0 Å². The number of fused-ring (bicyclic) bond motifs is 1. The van der Waals surface area contributed by atoms with E-state index in [1.807, 2.05) is 6.08 Å². The van der Waals surface area contributed by atoms with Crippen LogP contribution in [-0.4, -0.2) is 19.4 Å². The minimum Gasteiger partial charge on any atom is -0.228 e. The maximum atomic E-state index is 11.5. The summed E-state index contributed by atoms with van der Waals surface area (Å²) in [6, 6.07) is 0. The molecule has 68 valence electrons. The van der Waals surface area contributed by atoms with E-state index in [4.69, 9.17) is 0 Å². The summed E-state index contributed by atoms with van der Waals surface area (Å²) >= 11 is 0. The number of hydrogen-bond donors (Lipinski definition) is 0. The second-order valence-corrected chi connectivity index (χ2v) is 6.20. The molecule has 1 aliphatic carbocycles. The van der Waals surface area contributed by atoms with E-state index in [0.29, 0.717) is 11.7 Å². The summed E-state index contributed by atoms with van der Waals surface area (Å²) in [5, 5.41) is -0.110. The van der Waals surface area contributed by atoms with Crippen molar-refractivity contribution in [2.24, 2.45) is 5.92 Å². The number of hydrogen-bond acceptors (Lipinski definition) is 2. The number of sulfone groups is 1. The monoisotopic (exact) mass is 186 g/mol. The summed E-state index contributed by atoms with van der Waals surface area (Å²) in [6.07, 6.45) is 4.95. The first-order valence-corrected chi connectivity index (χ1v) is 6.21. The minimum atomic E-state index is -2.77. The molecule has 1 heterocycles. The van der Waals surface area contributed by atoms with Crippen molar-refractivity contribution in [1.29, 1.82) is 0 Å².